The van der Waals surface area contributed by atoms with E-state index < -0.39 is 11.9 Å². The first kappa shape index (κ1) is 21.8. The predicted octanol–water partition coefficient (Wildman–Crippen LogP) is 5.17. The van der Waals surface area contributed by atoms with E-state index in [9.17, 15) is 19.5 Å². The van der Waals surface area contributed by atoms with E-state index in [4.69, 9.17) is 0 Å². The van der Waals surface area contributed by atoms with E-state index in [1.54, 1.807) is 37.3 Å². The number of aromatic carboxylic acids is 1. The van der Waals surface area contributed by atoms with Gasteiger partial charge in [0.2, 0.25) is 5.91 Å². The highest BCUT2D eigenvalue weighted by atomic mass is 16.4. The minimum atomic E-state index is -1.08. The molecular formula is C26H23N3O4. The van der Waals surface area contributed by atoms with Crippen LogP contribution in [-0.2, 0) is 6.54 Å². The van der Waals surface area contributed by atoms with Gasteiger partial charge in [-0.3, -0.25) is 14.2 Å². The van der Waals surface area contributed by atoms with E-state index in [0.717, 1.165) is 5.56 Å². The Hall–Kier alpha value is -4.39. The monoisotopic (exact) mass is 441 g/mol. The molecule has 3 aromatic carbocycles. The second-order valence-corrected chi connectivity index (χ2v) is 7.71. The van der Waals surface area contributed by atoms with Crippen molar-refractivity contribution >= 4 is 40.1 Å². The summed E-state index contributed by atoms with van der Waals surface area (Å²) in [4.78, 5) is 37.1. The Morgan fingerprint density at radius 2 is 1.61 bits per heavy atom. The highest BCUT2D eigenvalue weighted by molar-refractivity contribution is 6.15. The summed E-state index contributed by atoms with van der Waals surface area (Å²) in [7, 11) is 0. The van der Waals surface area contributed by atoms with Crippen molar-refractivity contribution in [2.45, 2.75) is 20.4 Å². The lowest BCUT2D eigenvalue weighted by atomic mass is 10.0. The molecule has 0 atom stereocenters. The van der Waals surface area contributed by atoms with Crippen LogP contribution < -0.4 is 10.6 Å². The normalized spacial score (nSPS) is 10.7. The summed E-state index contributed by atoms with van der Waals surface area (Å²) < 4.78 is 1.43. The number of rotatable bonds is 6. The Bertz CT molecular complexity index is 1370. The van der Waals surface area contributed by atoms with Gasteiger partial charge in [-0.2, -0.15) is 0 Å². The van der Waals surface area contributed by atoms with E-state index in [-0.39, 0.29) is 11.5 Å². The van der Waals surface area contributed by atoms with Crippen LogP contribution in [-0.4, -0.2) is 27.5 Å². The zero-order valence-corrected chi connectivity index (χ0v) is 18.3. The first-order chi connectivity index (χ1) is 15.9. The van der Waals surface area contributed by atoms with Gasteiger partial charge >= 0.3 is 5.97 Å². The maximum atomic E-state index is 13.3. The van der Waals surface area contributed by atoms with Gasteiger partial charge in [0, 0.05) is 25.1 Å². The number of hydrogen-bond acceptors (Lipinski definition) is 4. The van der Waals surface area contributed by atoms with Gasteiger partial charge in [0.1, 0.15) is 0 Å². The second kappa shape index (κ2) is 9.00. The topological polar surface area (TPSA) is 100 Å². The summed E-state index contributed by atoms with van der Waals surface area (Å²) in [6.45, 7) is 3.59. The minimum absolute atomic E-state index is 0.0988. The Morgan fingerprint density at radius 1 is 0.909 bits per heavy atom. The highest BCUT2D eigenvalue weighted by Gasteiger charge is 2.21. The van der Waals surface area contributed by atoms with Crippen LogP contribution in [0.15, 0.2) is 72.9 Å². The molecule has 4 aromatic rings. The molecule has 0 radical (unpaired) electrons. The fourth-order valence-corrected chi connectivity index (χ4v) is 3.85. The van der Waals surface area contributed by atoms with E-state index in [0.29, 0.717) is 39.9 Å². The number of anilines is 2. The maximum Gasteiger partial charge on any atom is 0.336 e. The molecule has 1 heterocycles. The molecule has 1 amide bonds. The standard InChI is InChI=1S/C26H23N3O4/c1-16-19(26(32)33)12-13-22(27-14-18-8-4-3-5-9-18)24(16)28-25(31)21-15-29(17(2)30)23-11-7-6-10-20(21)23/h3-13,15,27H,14H2,1-2H3,(H,28,31)(H,32,33). The molecule has 7 nitrogen and oxygen atoms in total. The van der Waals surface area contributed by atoms with Crippen LogP contribution in [0, 0.1) is 6.92 Å². The molecule has 0 saturated heterocycles. The van der Waals surface area contributed by atoms with Gasteiger partial charge in [-0.15, -0.1) is 0 Å². The number of fused-ring (bicyclic) bond motifs is 1. The van der Waals surface area contributed by atoms with Gasteiger partial charge in [-0.05, 0) is 36.2 Å². The summed E-state index contributed by atoms with van der Waals surface area (Å²) in [6.07, 6.45) is 1.51. The average molecular weight is 441 g/mol. The van der Waals surface area contributed by atoms with Gasteiger partial charge in [0.05, 0.1) is 28.0 Å². The lowest BCUT2D eigenvalue weighted by Crippen LogP contribution is -2.16. The largest absolute Gasteiger partial charge is 0.478 e. The molecule has 33 heavy (non-hydrogen) atoms. The fraction of sp³-hybridized carbons (Fsp3) is 0.115. The number of carboxylic acid groups (broad SMARTS) is 1. The van der Waals surface area contributed by atoms with Crippen LogP contribution in [0.1, 0.15) is 43.6 Å². The van der Waals surface area contributed by atoms with Gasteiger partial charge in [0.25, 0.3) is 5.91 Å². The number of amides is 1. The van der Waals surface area contributed by atoms with E-state index in [1.807, 2.05) is 30.3 Å². The van der Waals surface area contributed by atoms with Crippen molar-refractivity contribution in [1.82, 2.24) is 4.57 Å². The number of benzene rings is 3. The second-order valence-electron chi connectivity index (χ2n) is 7.71. The molecule has 0 aliphatic heterocycles. The Labute approximate surface area is 190 Å². The molecule has 0 saturated carbocycles. The predicted molar refractivity (Wildman–Crippen MR) is 128 cm³/mol. The zero-order valence-electron chi connectivity index (χ0n) is 18.3. The molecule has 0 fully saturated rings. The summed E-state index contributed by atoms with van der Waals surface area (Å²) in [5.41, 5.74) is 3.52. The van der Waals surface area contributed by atoms with Gasteiger partial charge < -0.3 is 15.7 Å². The van der Waals surface area contributed by atoms with E-state index in [1.165, 1.54) is 23.8 Å². The number of hydrogen-bond donors (Lipinski definition) is 3. The lowest BCUT2D eigenvalue weighted by Gasteiger charge is -2.17. The molecule has 7 heteroatoms. The van der Waals surface area contributed by atoms with Crippen molar-refractivity contribution in [2.75, 3.05) is 10.6 Å². The fourth-order valence-electron chi connectivity index (χ4n) is 3.85. The van der Waals surface area contributed by atoms with Crippen molar-refractivity contribution in [2.24, 2.45) is 0 Å². The molecule has 1 aromatic heterocycles. The first-order valence-electron chi connectivity index (χ1n) is 10.4. The number of nitrogens with zero attached hydrogens (tertiary/aromatic N) is 1. The van der Waals surface area contributed by atoms with Crippen LogP contribution in [0.2, 0.25) is 0 Å². The summed E-state index contributed by atoms with van der Waals surface area (Å²) in [5.74, 6) is -1.72. The van der Waals surface area contributed by atoms with Gasteiger partial charge in [0.15, 0.2) is 0 Å². The highest BCUT2D eigenvalue weighted by Crippen LogP contribution is 2.31. The summed E-state index contributed by atoms with van der Waals surface area (Å²) in [6, 6.07) is 20.1. The zero-order chi connectivity index (χ0) is 23.5. The molecule has 4 rings (SSSR count). The number of carbonyl (C=O) groups is 3. The molecule has 0 unspecified atom stereocenters. The van der Waals surface area contributed by atoms with E-state index in [2.05, 4.69) is 10.6 Å². The Balaban J connectivity index is 1.72. The average Bonchev–Trinajstić information content (AvgIpc) is 3.20. The third-order valence-electron chi connectivity index (χ3n) is 5.56. The van der Waals surface area contributed by atoms with Crippen LogP contribution in [0.4, 0.5) is 11.4 Å². The van der Waals surface area contributed by atoms with Crippen LogP contribution >= 0.6 is 0 Å². The SMILES string of the molecule is CC(=O)n1cc(C(=O)Nc2c(NCc3ccccc3)ccc(C(=O)O)c2C)c2ccccc21. The van der Waals surface area contributed by atoms with Crippen molar-refractivity contribution in [3.8, 4) is 0 Å². The smallest absolute Gasteiger partial charge is 0.336 e. The lowest BCUT2D eigenvalue weighted by molar-refractivity contribution is 0.0695. The molecule has 0 spiro atoms. The molecule has 0 bridgehead atoms. The van der Waals surface area contributed by atoms with Gasteiger partial charge in [-0.25, -0.2) is 4.79 Å². The van der Waals surface area contributed by atoms with Gasteiger partial charge in [-0.1, -0.05) is 48.5 Å². The van der Waals surface area contributed by atoms with Crippen molar-refractivity contribution in [1.29, 1.82) is 0 Å². The minimum Gasteiger partial charge on any atom is -0.478 e. The maximum absolute atomic E-state index is 13.3. The van der Waals surface area contributed by atoms with E-state index >= 15 is 0 Å². The summed E-state index contributed by atoms with van der Waals surface area (Å²) >= 11 is 0. The molecular weight excluding hydrogens is 418 g/mol. The molecule has 3 N–H and O–H groups in total. The number of carboxylic acids is 1. The Kier molecular flexibility index (Phi) is 5.95. The van der Waals surface area contributed by atoms with Crippen molar-refractivity contribution in [3.05, 3.63) is 95.2 Å². The van der Waals surface area contributed by atoms with Crippen LogP contribution in [0.25, 0.3) is 10.9 Å². The quantitative estimate of drug-likeness (QED) is 0.383. The van der Waals surface area contributed by atoms with Crippen molar-refractivity contribution in [3.63, 3.8) is 0 Å². The number of para-hydroxylation sites is 1. The molecule has 0 aliphatic carbocycles. The number of nitrogens with one attached hydrogen (secondary N) is 2. The first-order valence-corrected chi connectivity index (χ1v) is 10.4. The van der Waals surface area contributed by atoms with Crippen LogP contribution in [0.5, 0.6) is 0 Å². The molecule has 0 aliphatic rings. The third-order valence-corrected chi connectivity index (χ3v) is 5.56. The van der Waals surface area contributed by atoms with Crippen molar-refractivity contribution < 1.29 is 19.5 Å². The number of aromatic nitrogens is 1. The third kappa shape index (κ3) is 4.34. The summed E-state index contributed by atoms with van der Waals surface area (Å²) in [5, 5.41) is 16.4. The van der Waals surface area contributed by atoms with Crippen LogP contribution in [0.3, 0.4) is 0 Å². The molecule has 166 valence electrons. The Morgan fingerprint density at radius 3 is 2.30 bits per heavy atom. The number of carbonyl (C=O) groups excluding carboxylic acids is 2.